The van der Waals surface area contributed by atoms with Crippen molar-refractivity contribution in [3.05, 3.63) is 63.4 Å². The third-order valence-electron chi connectivity index (χ3n) is 4.81. The molecule has 0 atom stereocenters. The fourth-order valence-corrected chi connectivity index (χ4v) is 4.03. The van der Waals surface area contributed by atoms with Crippen molar-refractivity contribution in [3.63, 3.8) is 0 Å². The summed E-state index contributed by atoms with van der Waals surface area (Å²) in [5, 5.41) is 5.90. The van der Waals surface area contributed by atoms with E-state index < -0.39 is 5.97 Å². The number of carbonyl (C=O) groups excluding carboxylic acids is 2. The number of rotatable bonds is 7. The van der Waals surface area contributed by atoms with Crippen LogP contribution in [0.5, 0.6) is 0 Å². The first-order valence-corrected chi connectivity index (χ1v) is 10.4. The number of nitrogens with one attached hydrogen (secondary N) is 2. The highest BCUT2D eigenvalue weighted by Gasteiger charge is 2.23. The van der Waals surface area contributed by atoms with Crippen LogP contribution in [0.3, 0.4) is 0 Å². The largest absolute Gasteiger partial charge is 0.465 e. The maximum Gasteiger partial charge on any atom is 0.339 e. The molecular weight excluding hydrogens is 386 g/mol. The molecule has 0 saturated carbocycles. The van der Waals surface area contributed by atoms with E-state index in [1.54, 1.807) is 18.3 Å². The fraction of sp³-hybridized carbons (Fsp3) is 0.318. The summed E-state index contributed by atoms with van der Waals surface area (Å²) in [6.07, 6.45) is 1.25. The van der Waals surface area contributed by atoms with Crippen LogP contribution >= 0.6 is 11.3 Å². The van der Waals surface area contributed by atoms with Crippen LogP contribution in [0.1, 0.15) is 50.3 Å². The Bertz CT molecular complexity index is 1020. The minimum absolute atomic E-state index is 0.235. The van der Waals surface area contributed by atoms with Crippen LogP contribution in [0.25, 0.3) is 10.6 Å². The smallest absolute Gasteiger partial charge is 0.339 e. The standard InChI is InChI=1S/C22H25N3O3S/c1-5-17-18(22(27)28-4)14(3)19(25-17)20(26)23-11-10-16-12-29-21(24-16)15-8-6-13(2)7-9-15/h6-9,12,25H,5,10-11H2,1-4H3,(H,23,26). The van der Waals surface area contributed by atoms with Gasteiger partial charge in [0.1, 0.15) is 10.7 Å². The summed E-state index contributed by atoms with van der Waals surface area (Å²) in [6.45, 7) is 6.20. The number of amides is 1. The second-order valence-electron chi connectivity index (χ2n) is 6.84. The van der Waals surface area contributed by atoms with E-state index in [2.05, 4.69) is 46.5 Å². The van der Waals surface area contributed by atoms with Gasteiger partial charge in [-0.25, -0.2) is 9.78 Å². The number of benzene rings is 1. The molecule has 1 aromatic carbocycles. The number of aryl methyl sites for hydroxylation is 2. The lowest BCUT2D eigenvalue weighted by atomic mass is 10.1. The SMILES string of the molecule is CCc1[nH]c(C(=O)NCCc2csc(-c3ccc(C)cc3)n2)c(C)c1C(=O)OC. The molecule has 152 valence electrons. The van der Waals surface area contributed by atoms with Crippen LogP contribution in [0.15, 0.2) is 29.6 Å². The Labute approximate surface area is 174 Å². The van der Waals surface area contributed by atoms with E-state index in [0.717, 1.165) is 16.3 Å². The van der Waals surface area contributed by atoms with E-state index in [1.165, 1.54) is 12.7 Å². The monoisotopic (exact) mass is 411 g/mol. The maximum atomic E-state index is 12.6. The van der Waals surface area contributed by atoms with Gasteiger partial charge in [0.05, 0.1) is 18.4 Å². The molecular formula is C22H25N3O3S. The van der Waals surface area contributed by atoms with Crippen molar-refractivity contribution < 1.29 is 14.3 Å². The molecule has 29 heavy (non-hydrogen) atoms. The Hall–Kier alpha value is -2.93. The van der Waals surface area contributed by atoms with Gasteiger partial charge in [-0.1, -0.05) is 36.8 Å². The van der Waals surface area contributed by atoms with Crippen molar-refractivity contribution >= 4 is 23.2 Å². The number of esters is 1. The molecule has 0 aliphatic rings. The highest BCUT2D eigenvalue weighted by Crippen LogP contribution is 2.24. The normalized spacial score (nSPS) is 10.8. The maximum absolute atomic E-state index is 12.6. The number of hydrogen-bond acceptors (Lipinski definition) is 5. The minimum atomic E-state index is -0.430. The lowest BCUT2D eigenvalue weighted by molar-refractivity contribution is 0.0599. The van der Waals surface area contributed by atoms with E-state index in [4.69, 9.17) is 4.74 Å². The van der Waals surface area contributed by atoms with E-state index in [0.29, 0.717) is 41.9 Å². The number of nitrogens with zero attached hydrogens (tertiary/aromatic N) is 1. The minimum Gasteiger partial charge on any atom is -0.465 e. The second-order valence-corrected chi connectivity index (χ2v) is 7.70. The summed E-state index contributed by atoms with van der Waals surface area (Å²) in [4.78, 5) is 32.3. The molecule has 0 spiro atoms. The summed E-state index contributed by atoms with van der Waals surface area (Å²) in [5.74, 6) is -0.665. The Morgan fingerprint density at radius 2 is 1.93 bits per heavy atom. The van der Waals surface area contributed by atoms with Gasteiger partial charge in [0.25, 0.3) is 5.91 Å². The molecule has 7 heteroatoms. The van der Waals surface area contributed by atoms with E-state index in [-0.39, 0.29) is 5.91 Å². The molecule has 2 N–H and O–H groups in total. The number of hydrogen-bond donors (Lipinski definition) is 2. The van der Waals surface area contributed by atoms with Gasteiger partial charge in [-0.15, -0.1) is 11.3 Å². The van der Waals surface area contributed by atoms with Crippen molar-refractivity contribution in [2.45, 2.75) is 33.6 Å². The predicted octanol–water partition coefficient (Wildman–Crippen LogP) is 4.08. The molecule has 6 nitrogen and oxygen atoms in total. The van der Waals surface area contributed by atoms with Gasteiger partial charge in [0.2, 0.25) is 0 Å². The molecule has 0 unspecified atom stereocenters. The zero-order valence-electron chi connectivity index (χ0n) is 17.1. The Balaban J connectivity index is 1.63. The third-order valence-corrected chi connectivity index (χ3v) is 5.75. The molecule has 3 rings (SSSR count). The number of H-pyrrole nitrogens is 1. The number of thiazole rings is 1. The lowest BCUT2D eigenvalue weighted by Crippen LogP contribution is -2.26. The lowest BCUT2D eigenvalue weighted by Gasteiger charge is -2.04. The van der Waals surface area contributed by atoms with Crippen molar-refractivity contribution in [1.29, 1.82) is 0 Å². The summed E-state index contributed by atoms with van der Waals surface area (Å²) >= 11 is 1.60. The van der Waals surface area contributed by atoms with Gasteiger partial charge in [-0.3, -0.25) is 4.79 Å². The Morgan fingerprint density at radius 1 is 1.21 bits per heavy atom. The topological polar surface area (TPSA) is 84.1 Å². The molecule has 0 saturated heterocycles. The summed E-state index contributed by atoms with van der Waals surface area (Å²) < 4.78 is 4.84. The Morgan fingerprint density at radius 3 is 2.59 bits per heavy atom. The third kappa shape index (κ3) is 4.56. The van der Waals surface area contributed by atoms with Crippen LogP contribution in [0.2, 0.25) is 0 Å². The highest BCUT2D eigenvalue weighted by atomic mass is 32.1. The number of ether oxygens (including phenoxy) is 1. The second kappa shape index (κ2) is 9.05. The Kier molecular flexibility index (Phi) is 6.49. The first-order valence-electron chi connectivity index (χ1n) is 9.54. The van der Waals surface area contributed by atoms with Crippen molar-refractivity contribution in [3.8, 4) is 10.6 Å². The van der Waals surface area contributed by atoms with Crippen LogP contribution in [0, 0.1) is 13.8 Å². The van der Waals surface area contributed by atoms with Crippen LogP contribution < -0.4 is 5.32 Å². The van der Waals surface area contributed by atoms with Gasteiger partial charge in [0, 0.05) is 29.6 Å². The fourth-order valence-electron chi connectivity index (χ4n) is 3.17. The molecule has 0 bridgehead atoms. The number of methoxy groups -OCH3 is 1. The molecule has 3 aromatic rings. The highest BCUT2D eigenvalue weighted by molar-refractivity contribution is 7.13. The molecule has 0 aliphatic carbocycles. The number of aromatic nitrogens is 2. The number of aromatic amines is 1. The van der Waals surface area contributed by atoms with Gasteiger partial charge in [-0.2, -0.15) is 0 Å². The molecule has 0 aliphatic heterocycles. The molecule has 0 radical (unpaired) electrons. The predicted molar refractivity (Wildman–Crippen MR) is 115 cm³/mol. The summed E-state index contributed by atoms with van der Waals surface area (Å²) in [7, 11) is 1.34. The van der Waals surface area contributed by atoms with Gasteiger partial charge >= 0.3 is 5.97 Å². The van der Waals surface area contributed by atoms with E-state index >= 15 is 0 Å². The molecule has 1 amide bonds. The van der Waals surface area contributed by atoms with E-state index in [1.807, 2.05) is 12.3 Å². The van der Waals surface area contributed by atoms with Crippen molar-refractivity contribution in [1.82, 2.24) is 15.3 Å². The van der Waals surface area contributed by atoms with Crippen LogP contribution in [0.4, 0.5) is 0 Å². The average Bonchev–Trinajstić information content (AvgIpc) is 3.32. The van der Waals surface area contributed by atoms with Gasteiger partial charge < -0.3 is 15.0 Å². The van der Waals surface area contributed by atoms with Crippen molar-refractivity contribution in [2.24, 2.45) is 0 Å². The molecule has 0 fully saturated rings. The van der Waals surface area contributed by atoms with Gasteiger partial charge in [-0.05, 0) is 25.8 Å². The van der Waals surface area contributed by atoms with Crippen molar-refractivity contribution in [2.75, 3.05) is 13.7 Å². The quantitative estimate of drug-likeness (QED) is 0.574. The first kappa shape index (κ1) is 20.8. The zero-order chi connectivity index (χ0) is 21.0. The average molecular weight is 412 g/mol. The summed E-state index contributed by atoms with van der Waals surface area (Å²) in [5.41, 5.74) is 5.43. The zero-order valence-corrected chi connectivity index (χ0v) is 17.9. The summed E-state index contributed by atoms with van der Waals surface area (Å²) in [6, 6.07) is 8.28. The first-order chi connectivity index (χ1) is 13.9. The van der Waals surface area contributed by atoms with E-state index in [9.17, 15) is 9.59 Å². The van der Waals surface area contributed by atoms with Crippen LogP contribution in [-0.4, -0.2) is 35.5 Å². The molecule has 2 aromatic heterocycles. The van der Waals surface area contributed by atoms with Crippen LogP contribution in [-0.2, 0) is 17.6 Å². The van der Waals surface area contributed by atoms with Gasteiger partial charge in [0.15, 0.2) is 0 Å². The molecule has 2 heterocycles. The number of carbonyl (C=O) groups is 2.